The van der Waals surface area contributed by atoms with Crippen molar-refractivity contribution < 1.29 is 17.9 Å². The molecule has 3 aromatic rings. The maximum Gasteiger partial charge on any atom is 0.260 e. The van der Waals surface area contributed by atoms with E-state index in [4.69, 9.17) is 9.72 Å². The minimum absolute atomic E-state index is 0.207. The summed E-state index contributed by atoms with van der Waals surface area (Å²) in [5.41, 5.74) is 1.15. The van der Waals surface area contributed by atoms with Crippen LogP contribution in [0.4, 0.5) is 5.13 Å². The number of fused-ring (bicyclic) bond motifs is 1. The number of thiazole rings is 1. The second-order valence-corrected chi connectivity index (χ2v) is 11.5. The molecule has 182 valence electrons. The standard InChI is InChI=1S/C24H30N4O4S2/c1-26(2)14-7-17-28(24-25-22-20(32-3)8-6-9-21(22)33-24)23(29)18-10-12-19(13-11-18)34(30,31)27-15-4-5-16-27/h6,8-13H,4-5,7,14-17H2,1-3H3. The number of anilines is 1. The third-order valence-corrected chi connectivity index (χ3v) is 8.81. The van der Waals surface area contributed by atoms with E-state index in [9.17, 15) is 13.2 Å². The molecule has 34 heavy (non-hydrogen) atoms. The van der Waals surface area contributed by atoms with Gasteiger partial charge < -0.3 is 9.64 Å². The summed E-state index contributed by atoms with van der Waals surface area (Å²) in [6.45, 7) is 2.41. The molecule has 1 fully saturated rings. The predicted molar refractivity (Wildman–Crippen MR) is 135 cm³/mol. The monoisotopic (exact) mass is 502 g/mol. The molecule has 2 aromatic carbocycles. The Kier molecular flexibility index (Phi) is 7.51. The number of amides is 1. The van der Waals surface area contributed by atoms with Gasteiger partial charge in [0.25, 0.3) is 5.91 Å². The first kappa shape index (κ1) is 24.6. The molecule has 0 saturated carbocycles. The number of methoxy groups -OCH3 is 1. The van der Waals surface area contributed by atoms with Gasteiger partial charge in [0.1, 0.15) is 11.3 Å². The summed E-state index contributed by atoms with van der Waals surface area (Å²) in [4.78, 5) is 22.2. The Labute approximate surface area is 204 Å². The van der Waals surface area contributed by atoms with Crippen molar-refractivity contribution in [3.05, 3.63) is 48.0 Å². The van der Waals surface area contributed by atoms with E-state index in [2.05, 4.69) is 4.90 Å². The van der Waals surface area contributed by atoms with E-state index in [-0.39, 0.29) is 10.8 Å². The van der Waals surface area contributed by atoms with Gasteiger partial charge in [-0.25, -0.2) is 13.4 Å². The minimum Gasteiger partial charge on any atom is -0.494 e. The molecular formula is C24H30N4O4S2. The topological polar surface area (TPSA) is 83.0 Å². The lowest BCUT2D eigenvalue weighted by Gasteiger charge is -2.21. The maximum absolute atomic E-state index is 13.6. The number of hydrogen-bond donors (Lipinski definition) is 0. The molecule has 1 aromatic heterocycles. The number of benzene rings is 2. The molecule has 1 saturated heterocycles. The number of ether oxygens (including phenoxy) is 1. The van der Waals surface area contributed by atoms with Crippen molar-refractivity contribution in [1.82, 2.24) is 14.2 Å². The second kappa shape index (κ2) is 10.4. The van der Waals surface area contributed by atoms with Gasteiger partial charge in [0.2, 0.25) is 10.0 Å². The van der Waals surface area contributed by atoms with Gasteiger partial charge in [-0.3, -0.25) is 9.69 Å². The normalized spacial score (nSPS) is 14.7. The molecule has 1 amide bonds. The highest BCUT2D eigenvalue weighted by Crippen LogP contribution is 2.35. The van der Waals surface area contributed by atoms with Crippen molar-refractivity contribution in [2.24, 2.45) is 0 Å². The fraction of sp³-hybridized carbons (Fsp3) is 0.417. The summed E-state index contributed by atoms with van der Waals surface area (Å²) < 4.78 is 33.6. The van der Waals surface area contributed by atoms with Crippen molar-refractivity contribution in [2.45, 2.75) is 24.2 Å². The number of hydrogen-bond acceptors (Lipinski definition) is 7. The lowest BCUT2D eigenvalue weighted by molar-refractivity contribution is 0.0986. The largest absolute Gasteiger partial charge is 0.494 e. The van der Waals surface area contributed by atoms with Crippen molar-refractivity contribution in [3.8, 4) is 5.75 Å². The molecule has 10 heteroatoms. The fourth-order valence-electron chi connectivity index (χ4n) is 4.02. The number of aromatic nitrogens is 1. The van der Waals surface area contributed by atoms with Gasteiger partial charge in [0.15, 0.2) is 5.13 Å². The Bertz CT molecular complexity index is 1250. The summed E-state index contributed by atoms with van der Waals surface area (Å²) in [5.74, 6) is 0.457. The quantitative estimate of drug-likeness (QED) is 0.444. The smallest absolute Gasteiger partial charge is 0.260 e. The highest BCUT2D eigenvalue weighted by atomic mass is 32.2. The Morgan fingerprint density at radius 2 is 1.79 bits per heavy atom. The molecule has 0 radical (unpaired) electrons. The van der Waals surface area contributed by atoms with Gasteiger partial charge in [-0.05, 0) is 76.3 Å². The van der Waals surface area contributed by atoms with Crippen molar-refractivity contribution >= 4 is 42.6 Å². The van der Waals surface area contributed by atoms with Crippen LogP contribution < -0.4 is 9.64 Å². The first-order valence-electron chi connectivity index (χ1n) is 11.3. The molecule has 0 N–H and O–H groups in total. The number of nitrogens with zero attached hydrogens (tertiary/aromatic N) is 4. The maximum atomic E-state index is 13.6. The average Bonchev–Trinajstić information content (AvgIpc) is 3.52. The van der Waals surface area contributed by atoms with Gasteiger partial charge in [0.05, 0.1) is 16.7 Å². The van der Waals surface area contributed by atoms with Crippen LogP contribution in [0.3, 0.4) is 0 Å². The zero-order valence-electron chi connectivity index (χ0n) is 19.7. The van der Waals surface area contributed by atoms with Crippen LogP contribution >= 0.6 is 11.3 Å². The van der Waals surface area contributed by atoms with Crippen molar-refractivity contribution in [1.29, 1.82) is 0 Å². The molecule has 2 heterocycles. The summed E-state index contributed by atoms with van der Waals surface area (Å²) in [6, 6.07) is 12.0. The number of carbonyl (C=O) groups is 1. The van der Waals surface area contributed by atoms with E-state index in [0.717, 1.165) is 36.0 Å². The number of carbonyl (C=O) groups excluding carboxylic acids is 1. The summed E-state index contributed by atoms with van der Waals surface area (Å²) in [7, 11) is 2.07. The van der Waals surface area contributed by atoms with E-state index in [1.807, 2.05) is 32.3 Å². The molecular weight excluding hydrogens is 472 g/mol. The lowest BCUT2D eigenvalue weighted by Crippen LogP contribution is -2.33. The highest BCUT2D eigenvalue weighted by molar-refractivity contribution is 7.89. The molecule has 1 aliphatic heterocycles. The molecule has 0 spiro atoms. The zero-order valence-corrected chi connectivity index (χ0v) is 21.4. The van der Waals surface area contributed by atoms with Crippen LogP contribution in [0.5, 0.6) is 5.75 Å². The van der Waals surface area contributed by atoms with Crippen molar-refractivity contribution in [2.75, 3.05) is 52.3 Å². The number of rotatable bonds is 9. The third kappa shape index (κ3) is 5.10. The average molecular weight is 503 g/mol. The van der Waals surface area contributed by atoms with E-state index in [1.54, 1.807) is 24.1 Å². The summed E-state index contributed by atoms with van der Waals surface area (Å²) in [5, 5.41) is 0.594. The summed E-state index contributed by atoms with van der Waals surface area (Å²) in [6.07, 6.45) is 2.53. The van der Waals surface area contributed by atoms with E-state index >= 15 is 0 Å². The molecule has 8 nitrogen and oxygen atoms in total. The molecule has 0 unspecified atom stereocenters. The van der Waals surface area contributed by atoms with Crippen LogP contribution in [0.15, 0.2) is 47.4 Å². The van der Waals surface area contributed by atoms with Crippen LogP contribution in [0, 0.1) is 0 Å². The summed E-state index contributed by atoms with van der Waals surface area (Å²) >= 11 is 1.44. The van der Waals surface area contributed by atoms with Gasteiger partial charge >= 0.3 is 0 Å². The second-order valence-electron chi connectivity index (χ2n) is 8.55. The Hall–Kier alpha value is -2.53. The van der Waals surface area contributed by atoms with E-state index < -0.39 is 10.0 Å². The van der Waals surface area contributed by atoms with E-state index in [0.29, 0.717) is 36.1 Å². The molecule has 1 aliphatic rings. The highest BCUT2D eigenvalue weighted by Gasteiger charge is 2.28. The number of para-hydroxylation sites is 1. The van der Waals surface area contributed by atoms with Crippen LogP contribution in [0.1, 0.15) is 29.6 Å². The van der Waals surface area contributed by atoms with Gasteiger partial charge in [-0.2, -0.15) is 4.31 Å². The molecule has 4 rings (SSSR count). The first-order valence-corrected chi connectivity index (χ1v) is 13.6. The zero-order chi connectivity index (χ0) is 24.3. The van der Waals surface area contributed by atoms with Gasteiger partial charge in [0, 0.05) is 25.2 Å². The first-order chi connectivity index (χ1) is 16.3. The van der Waals surface area contributed by atoms with Crippen molar-refractivity contribution in [3.63, 3.8) is 0 Å². The lowest BCUT2D eigenvalue weighted by atomic mass is 10.2. The molecule has 0 bridgehead atoms. The van der Waals surface area contributed by atoms with Gasteiger partial charge in [-0.15, -0.1) is 0 Å². The predicted octanol–water partition coefficient (Wildman–Crippen LogP) is 3.69. The van der Waals surface area contributed by atoms with Crippen LogP contribution in [0.2, 0.25) is 0 Å². The van der Waals surface area contributed by atoms with Crippen LogP contribution in [-0.2, 0) is 10.0 Å². The number of sulfonamides is 1. The Morgan fingerprint density at radius 1 is 1.09 bits per heavy atom. The molecule has 0 aliphatic carbocycles. The van der Waals surface area contributed by atoms with Crippen LogP contribution in [-0.4, -0.2) is 75.9 Å². The Morgan fingerprint density at radius 3 is 2.44 bits per heavy atom. The SMILES string of the molecule is COc1cccc2sc(N(CCCN(C)C)C(=O)c3ccc(S(=O)(=O)N4CCCC4)cc3)nc12. The van der Waals surface area contributed by atoms with E-state index in [1.165, 1.54) is 27.8 Å². The van der Waals surface area contributed by atoms with Crippen LogP contribution in [0.25, 0.3) is 10.2 Å². The Balaban J connectivity index is 1.63. The minimum atomic E-state index is -3.52. The third-order valence-electron chi connectivity index (χ3n) is 5.86. The van der Waals surface area contributed by atoms with Gasteiger partial charge in [-0.1, -0.05) is 17.4 Å². The molecule has 0 atom stereocenters. The fourth-order valence-corrected chi connectivity index (χ4v) is 6.55.